The first-order valence-corrected chi connectivity index (χ1v) is 11.0. The van der Waals surface area contributed by atoms with Gasteiger partial charge in [-0.25, -0.2) is 14.4 Å². The molecule has 172 valence electrons. The Morgan fingerprint density at radius 1 is 1.15 bits per heavy atom. The van der Waals surface area contributed by atoms with Crippen LogP contribution in [0.5, 0.6) is 17.4 Å². The van der Waals surface area contributed by atoms with Crippen LogP contribution in [0.25, 0.3) is 0 Å². The number of hydrogen-bond donors (Lipinski definition) is 1. The minimum atomic E-state index is -0.402. The number of carbonyl (C=O) groups excluding carboxylic acids is 1. The summed E-state index contributed by atoms with van der Waals surface area (Å²) in [5.41, 5.74) is 0.683. The predicted molar refractivity (Wildman–Crippen MR) is 123 cm³/mol. The quantitative estimate of drug-likeness (QED) is 0.543. The van der Waals surface area contributed by atoms with Crippen LogP contribution in [0.1, 0.15) is 18.4 Å². The molecule has 1 fully saturated rings. The molecule has 0 aliphatic carbocycles. The number of carbonyl (C=O) groups is 1. The standard InChI is InChI=1S/C24H24ClFN4O3/c1-32-19-3-2-4-20(14-19)33-24-22(27-9-10-28-24)30-11-7-16(8-12-30)23(31)29-15-17-5-6-18(26)13-21(17)25/h2-6,9-10,13-14,16H,7-8,11-12,15H2,1H3,(H,29,31). The lowest BCUT2D eigenvalue weighted by molar-refractivity contribution is -0.125. The molecule has 4 rings (SSSR count). The molecule has 0 bridgehead atoms. The fraction of sp³-hybridized carbons (Fsp3) is 0.292. The summed E-state index contributed by atoms with van der Waals surface area (Å²) < 4.78 is 24.4. The van der Waals surface area contributed by atoms with Crippen LogP contribution in [0, 0.1) is 11.7 Å². The van der Waals surface area contributed by atoms with E-state index in [0.29, 0.717) is 59.7 Å². The van der Waals surface area contributed by atoms with Crippen molar-refractivity contribution < 1.29 is 18.7 Å². The molecule has 0 radical (unpaired) electrons. The maximum absolute atomic E-state index is 13.2. The summed E-state index contributed by atoms with van der Waals surface area (Å²) in [6, 6.07) is 11.4. The molecule has 1 saturated heterocycles. The smallest absolute Gasteiger partial charge is 0.263 e. The molecule has 9 heteroatoms. The summed E-state index contributed by atoms with van der Waals surface area (Å²) in [7, 11) is 1.60. The molecular formula is C24H24ClFN4O3. The van der Waals surface area contributed by atoms with Crippen molar-refractivity contribution in [3.05, 3.63) is 71.3 Å². The van der Waals surface area contributed by atoms with E-state index in [-0.39, 0.29) is 18.4 Å². The Bertz CT molecular complexity index is 1120. The van der Waals surface area contributed by atoms with E-state index < -0.39 is 5.82 Å². The molecule has 2 aromatic carbocycles. The average molecular weight is 471 g/mol. The number of amides is 1. The van der Waals surface area contributed by atoms with Crippen LogP contribution in [0.2, 0.25) is 5.02 Å². The zero-order valence-corrected chi connectivity index (χ0v) is 18.9. The normalized spacial score (nSPS) is 14.1. The van der Waals surface area contributed by atoms with E-state index in [1.54, 1.807) is 31.6 Å². The third-order valence-corrected chi connectivity index (χ3v) is 5.89. The Morgan fingerprint density at radius 2 is 1.91 bits per heavy atom. The van der Waals surface area contributed by atoms with Crippen LogP contribution >= 0.6 is 11.6 Å². The lowest BCUT2D eigenvalue weighted by atomic mass is 9.96. The van der Waals surface area contributed by atoms with Crippen molar-refractivity contribution in [1.29, 1.82) is 0 Å². The van der Waals surface area contributed by atoms with Crippen LogP contribution in [-0.2, 0) is 11.3 Å². The van der Waals surface area contributed by atoms with Gasteiger partial charge in [-0.1, -0.05) is 23.7 Å². The monoisotopic (exact) mass is 470 g/mol. The third kappa shape index (κ3) is 5.70. The number of benzene rings is 2. The second-order valence-corrected chi connectivity index (χ2v) is 8.09. The molecule has 1 aliphatic rings. The number of ether oxygens (including phenoxy) is 2. The largest absolute Gasteiger partial charge is 0.497 e. The van der Waals surface area contributed by atoms with Crippen molar-refractivity contribution in [2.24, 2.45) is 5.92 Å². The summed E-state index contributed by atoms with van der Waals surface area (Å²) in [6.45, 7) is 1.55. The SMILES string of the molecule is COc1cccc(Oc2nccnc2N2CCC(C(=O)NCc3ccc(F)cc3Cl)CC2)c1. The first-order valence-electron chi connectivity index (χ1n) is 10.6. The summed E-state index contributed by atoms with van der Waals surface area (Å²) in [5.74, 6) is 1.76. The average Bonchev–Trinajstić information content (AvgIpc) is 2.84. The Morgan fingerprint density at radius 3 is 2.67 bits per heavy atom. The summed E-state index contributed by atoms with van der Waals surface area (Å²) >= 11 is 6.05. The lowest BCUT2D eigenvalue weighted by Crippen LogP contribution is -2.40. The van der Waals surface area contributed by atoms with Crippen LogP contribution in [0.3, 0.4) is 0 Å². The van der Waals surface area contributed by atoms with E-state index in [1.807, 2.05) is 18.2 Å². The first-order chi connectivity index (χ1) is 16.0. The lowest BCUT2D eigenvalue weighted by Gasteiger charge is -2.32. The van der Waals surface area contributed by atoms with Crippen molar-refractivity contribution in [2.45, 2.75) is 19.4 Å². The highest BCUT2D eigenvalue weighted by Crippen LogP contribution is 2.32. The topological polar surface area (TPSA) is 76.6 Å². The van der Waals surface area contributed by atoms with Gasteiger partial charge in [-0.2, -0.15) is 0 Å². The number of nitrogens with one attached hydrogen (secondary N) is 1. The van der Waals surface area contributed by atoms with Crippen LogP contribution in [0.15, 0.2) is 54.9 Å². The third-order valence-electron chi connectivity index (χ3n) is 5.54. The molecule has 7 nitrogen and oxygen atoms in total. The van der Waals surface area contributed by atoms with Crippen molar-refractivity contribution >= 4 is 23.3 Å². The van der Waals surface area contributed by atoms with E-state index in [0.717, 1.165) is 0 Å². The minimum Gasteiger partial charge on any atom is -0.497 e. The van der Waals surface area contributed by atoms with Gasteiger partial charge in [0.1, 0.15) is 17.3 Å². The second kappa shape index (κ2) is 10.5. The number of rotatable bonds is 7. The maximum Gasteiger partial charge on any atom is 0.263 e. The van der Waals surface area contributed by atoms with Crippen LogP contribution in [-0.4, -0.2) is 36.1 Å². The first kappa shape index (κ1) is 22.8. The van der Waals surface area contributed by atoms with Gasteiger partial charge in [0.2, 0.25) is 5.91 Å². The van der Waals surface area contributed by atoms with Crippen molar-refractivity contribution in [3.63, 3.8) is 0 Å². The van der Waals surface area contributed by atoms with Gasteiger partial charge in [0, 0.05) is 49.0 Å². The molecule has 2 heterocycles. The number of piperidine rings is 1. The molecular weight excluding hydrogens is 447 g/mol. The highest BCUT2D eigenvalue weighted by Gasteiger charge is 2.27. The predicted octanol–water partition coefficient (Wildman–Crippen LogP) is 4.60. The van der Waals surface area contributed by atoms with Gasteiger partial charge in [-0.15, -0.1) is 0 Å². The van der Waals surface area contributed by atoms with Gasteiger partial charge in [0.05, 0.1) is 7.11 Å². The molecule has 33 heavy (non-hydrogen) atoms. The Labute approximate surface area is 196 Å². The molecule has 1 amide bonds. The fourth-order valence-electron chi connectivity index (χ4n) is 3.73. The van der Waals surface area contributed by atoms with Gasteiger partial charge in [0.25, 0.3) is 5.88 Å². The molecule has 0 atom stereocenters. The number of nitrogens with zero attached hydrogens (tertiary/aromatic N) is 3. The summed E-state index contributed by atoms with van der Waals surface area (Å²) in [5, 5.41) is 3.21. The molecule has 1 aliphatic heterocycles. The molecule has 1 N–H and O–H groups in total. The number of aromatic nitrogens is 2. The zero-order chi connectivity index (χ0) is 23.2. The number of anilines is 1. The fourth-order valence-corrected chi connectivity index (χ4v) is 3.96. The van der Waals surface area contributed by atoms with Crippen LogP contribution < -0.4 is 19.7 Å². The molecule has 0 unspecified atom stereocenters. The molecule has 0 saturated carbocycles. The van der Waals surface area contributed by atoms with Gasteiger partial charge in [-0.3, -0.25) is 4.79 Å². The Kier molecular flexibility index (Phi) is 7.24. The Hall–Kier alpha value is -3.39. The summed E-state index contributed by atoms with van der Waals surface area (Å²) in [6.07, 6.45) is 4.54. The second-order valence-electron chi connectivity index (χ2n) is 7.68. The zero-order valence-electron chi connectivity index (χ0n) is 18.1. The highest BCUT2D eigenvalue weighted by molar-refractivity contribution is 6.31. The van der Waals surface area contributed by atoms with E-state index in [9.17, 15) is 9.18 Å². The number of methoxy groups -OCH3 is 1. The number of hydrogen-bond acceptors (Lipinski definition) is 6. The Balaban J connectivity index is 1.35. The highest BCUT2D eigenvalue weighted by atomic mass is 35.5. The van der Waals surface area contributed by atoms with Gasteiger partial charge in [0.15, 0.2) is 5.82 Å². The molecule has 1 aromatic heterocycles. The molecule has 3 aromatic rings. The van der Waals surface area contributed by atoms with E-state index in [2.05, 4.69) is 20.2 Å². The van der Waals surface area contributed by atoms with Gasteiger partial charge in [-0.05, 0) is 42.7 Å². The number of halogens is 2. The van der Waals surface area contributed by atoms with Crippen molar-refractivity contribution in [3.8, 4) is 17.4 Å². The van der Waals surface area contributed by atoms with Crippen LogP contribution in [0.4, 0.5) is 10.2 Å². The van der Waals surface area contributed by atoms with Crippen molar-refractivity contribution in [1.82, 2.24) is 15.3 Å². The van der Waals surface area contributed by atoms with E-state index in [4.69, 9.17) is 21.1 Å². The van der Waals surface area contributed by atoms with Crippen molar-refractivity contribution in [2.75, 3.05) is 25.1 Å². The van der Waals surface area contributed by atoms with E-state index in [1.165, 1.54) is 12.1 Å². The molecule has 0 spiro atoms. The van der Waals surface area contributed by atoms with Gasteiger partial charge >= 0.3 is 0 Å². The van der Waals surface area contributed by atoms with Gasteiger partial charge < -0.3 is 19.7 Å². The van der Waals surface area contributed by atoms with E-state index >= 15 is 0 Å². The summed E-state index contributed by atoms with van der Waals surface area (Å²) in [4.78, 5) is 23.5. The minimum absolute atomic E-state index is 0.0398. The maximum atomic E-state index is 13.2.